The van der Waals surface area contributed by atoms with E-state index in [9.17, 15) is 20.2 Å². The fourth-order valence-electron chi connectivity index (χ4n) is 2.45. The molecule has 7 heteroatoms. The summed E-state index contributed by atoms with van der Waals surface area (Å²) in [6.45, 7) is 0. The minimum atomic E-state index is -0.525. The number of nitro benzene ring substituents is 1. The SMILES string of the molecule is N#Cc1c(-c2ccc(Cl)cc2)cc(-c2ccc([N+](=O)[O-])cc2)[nH]c1=O. The number of non-ortho nitro benzene ring substituents is 1. The minimum absolute atomic E-state index is 0.00650. The molecule has 122 valence electrons. The fraction of sp³-hybridized carbons (Fsp3) is 0. The second kappa shape index (κ2) is 6.59. The first-order valence-corrected chi connectivity index (χ1v) is 7.55. The molecule has 1 heterocycles. The largest absolute Gasteiger partial charge is 0.321 e. The number of H-pyrrole nitrogens is 1. The number of hydrogen-bond acceptors (Lipinski definition) is 4. The number of hydrogen-bond donors (Lipinski definition) is 1. The smallest absolute Gasteiger partial charge is 0.269 e. The lowest BCUT2D eigenvalue weighted by Gasteiger charge is -2.08. The van der Waals surface area contributed by atoms with Gasteiger partial charge in [-0.25, -0.2) is 0 Å². The summed E-state index contributed by atoms with van der Waals surface area (Å²) in [5.74, 6) is 0. The van der Waals surface area contributed by atoms with E-state index in [1.807, 2.05) is 6.07 Å². The first-order chi connectivity index (χ1) is 12.0. The molecule has 0 radical (unpaired) electrons. The highest BCUT2D eigenvalue weighted by molar-refractivity contribution is 6.30. The van der Waals surface area contributed by atoms with Gasteiger partial charge < -0.3 is 4.98 Å². The molecule has 0 aliphatic rings. The Balaban J connectivity index is 2.16. The Hall–Kier alpha value is -3.43. The highest BCUT2D eigenvalue weighted by Gasteiger charge is 2.13. The van der Waals surface area contributed by atoms with Crippen molar-refractivity contribution in [1.82, 2.24) is 4.98 Å². The summed E-state index contributed by atoms with van der Waals surface area (Å²) >= 11 is 5.88. The highest BCUT2D eigenvalue weighted by atomic mass is 35.5. The summed E-state index contributed by atoms with van der Waals surface area (Å²) < 4.78 is 0. The zero-order valence-electron chi connectivity index (χ0n) is 12.7. The molecule has 2 aromatic carbocycles. The maximum Gasteiger partial charge on any atom is 0.269 e. The molecule has 0 amide bonds. The number of nitrogens with zero attached hydrogens (tertiary/aromatic N) is 2. The second-order valence-corrected chi connectivity index (χ2v) is 5.66. The summed E-state index contributed by atoms with van der Waals surface area (Å²) in [4.78, 5) is 25.2. The molecule has 0 saturated heterocycles. The number of nitriles is 1. The summed E-state index contributed by atoms with van der Waals surface area (Å²) in [6, 6.07) is 16.2. The summed E-state index contributed by atoms with van der Waals surface area (Å²) in [6.07, 6.45) is 0. The number of rotatable bonds is 3. The molecule has 0 bridgehead atoms. The first-order valence-electron chi connectivity index (χ1n) is 7.18. The average Bonchev–Trinajstić information content (AvgIpc) is 2.62. The van der Waals surface area contributed by atoms with Crippen LogP contribution in [0.15, 0.2) is 59.4 Å². The van der Waals surface area contributed by atoms with Crippen LogP contribution in [0.5, 0.6) is 0 Å². The van der Waals surface area contributed by atoms with Crippen molar-refractivity contribution in [2.45, 2.75) is 0 Å². The molecule has 1 aromatic heterocycles. The number of nitro groups is 1. The van der Waals surface area contributed by atoms with Gasteiger partial charge in [-0.3, -0.25) is 14.9 Å². The molecule has 0 fully saturated rings. The number of aromatic amines is 1. The van der Waals surface area contributed by atoms with Gasteiger partial charge in [-0.2, -0.15) is 5.26 Å². The van der Waals surface area contributed by atoms with Gasteiger partial charge in [-0.05, 0) is 41.5 Å². The number of benzene rings is 2. The van der Waals surface area contributed by atoms with Crippen molar-refractivity contribution in [1.29, 1.82) is 5.26 Å². The third kappa shape index (κ3) is 3.27. The molecule has 25 heavy (non-hydrogen) atoms. The molecule has 0 spiro atoms. The predicted octanol–water partition coefficient (Wildman–Crippen LogP) is 4.14. The zero-order valence-corrected chi connectivity index (χ0v) is 13.4. The predicted molar refractivity (Wildman–Crippen MR) is 94.3 cm³/mol. The van der Waals surface area contributed by atoms with E-state index in [-0.39, 0.29) is 11.3 Å². The third-order valence-corrected chi connectivity index (χ3v) is 3.94. The van der Waals surface area contributed by atoms with Crippen LogP contribution < -0.4 is 5.56 Å². The van der Waals surface area contributed by atoms with Crippen LogP contribution in [0.25, 0.3) is 22.4 Å². The van der Waals surface area contributed by atoms with Gasteiger partial charge in [0.05, 0.1) is 4.92 Å². The zero-order chi connectivity index (χ0) is 18.0. The van der Waals surface area contributed by atoms with Gasteiger partial charge in [0.25, 0.3) is 11.2 Å². The molecule has 0 unspecified atom stereocenters. The highest BCUT2D eigenvalue weighted by Crippen LogP contribution is 2.28. The standard InChI is InChI=1S/C18H10ClN3O3/c19-13-5-1-11(2-6-13)15-9-17(21-18(23)16(15)10-20)12-3-7-14(8-4-12)22(24)25/h1-9H,(H,21,23). The van der Waals surface area contributed by atoms with Gasteiger partial charge in [0, 0.05) is 28.4 Å². The van der Waals surface area contributed by atoms with E-state index in [1.165, 1.54) is 12.1 Å². The van der Waals surface area contributed by atoms with Crippen molar-refractivity contribution in [2.75, 3.05) is 0 Å². The maximum atomic E-state index is 12.3. The quantitative estimate of drug-likeness (QED) is 0.566. The van der Waals surface area contributed by atoms with Crippen LogP contribution in [0.1, 0.15) is 5.56 Å². The molecule has 3 aromatic rings. The van der Waals surface area contributed by atoms with Gasteiger partial charge in [0.2, 0.25) is 0 Å². The molecule has 0 atom stereocenters. The molecule has 0 saturated carbocycles. The molecular formula is C18H10ClN3O3. The summed E-state index contributed by atoms with van der Waals surface area (Å²) in [7, 11) is 0. The Morgan fingerprint density at radius 1 is 1.04 bits per heavy atom. The lowest BCUT2D eigenvalue weighted by atomic mass is 9.99. The lowest BCUT2D eigenvalue weighted by molar-refractivity contribution is -0.384. The monoisotopic (exact) mass is 351 g/mol. The van der Waals surface area contributed by atoms with Crippen molar-refractivity contribution < 1.29 is 4.92 Å². The second-order valence-electron chi connectivity index (χ2n) is 5.22. The molecule has 0 aliphatic heterocycles. The van der Waals surface area contributed by atoms with Crippen molar-refractivity contribution in [2.24, 2.45) is 0 Å². The van der Waals surface area contributed by atoms with E-state index in [1.54, 1.807) is 42.5 Å². The third-order valence-electron chi connectivity index (χ3n) is 3.69. The maximum absolute atomic E-state index is 12.3. The van der Waals surface area contributed by atoms with Gasteiger partial charge in [-0.15, -0.1) is 0 Å². The van der Waals surface area contributed by atoms with Crippen molar-refractivity contribution in [3.63, 3.8) is 0 Å². The molecule has 3 rings (SSSR count). The van der Waals surface area contributed by atoms with E-state index in [0.29, 0.717) is 27.4 Å². The Morgan fingerprint density at radius 3 is 2.20 bits per heavy atom. The lowest BCUT2D eigenvalue weighted by Crippen LogP contribution is -2.12. The van der Waals surface area contributed by atoms with Gasteiger partial charge in [-0.1, -0.05) is 23.7 Å². The van der Waals surface area contributed by atoms with Crippen LogP contribution in [-0.4, -0.2) is 9.91 Å². The molecule has 6 nitrogen and oxygen atoms in total. The molecule has 1 N–H and O–H groups in total. The number of aromatic nitrogens is 1. The fourth-order valence-corrected chi connectivity index (χ4v) is 2.57. The van der Waals surface area contributed by atoms with E-state index in [4.69, 9.17) is 11.6 Å². The van der Waals surface area contributed by atoms with Gasteiger partial charge in [0.1, 0.15) is 11.6 Å². The molecular weight excluding hydrogens is 342 g/mol. The number of pyridine rings is 1. The van der Waals surface area contributed by atoms with Gasteiger partial charge in [0.15, 0.2) is 0 Å². The number of nitrogens with one attached hydrogen (secondary N) is 1. The van der Waals surface area contributed by atoms with Crippen molar-refractivity contribution >= 4 is 17.3 Å². The van der Waals surface area contributed by atoms with Crippen LogP contribution in [-0.2, 0) is 0 Å². The summed E-state index contributed by atoms with van der Waals surface area (Å²) in [5.41, 5.74) is 1.63. The first kappa shape index (κ1) is 16.4. The Bertz CT molecular complexity index is 1050. The van der Waals surface area contributed by atoms with Gasteiger partial charge >= 0.3 is 0 Å². The summed E-state index contributed by atoms with van der Waals surface area (Å²) in [5, 5.41) is 20.6. The van der Waals surface area contributed by atoms with Crippen LogP contribution in [0, 0.1) is 21.4 Å². The molecule has 0 aliphatic carbocycles. The average molecular weight is 352 g/mol. The van der Waals surface area contributed by atoms with Crippen LogP contribution in [0.4, 0.5) is 5.69 Å². The Labute approximate surface area is 147 Å². The van der Waals surface area contributed by atoms with E-state index in [0.717, 1.165) is 0 Å². The van der Waals surface area contributed by atoms with Crippen molar-refractivity contribution in [3.8, 4) is 28.5 Å². The van der Waals surface area contributed by atoms with E-state index >= 15 is 0 Å². The topological polar surface area (TPSA) is 99.8 Å². The van der Waals surface area contributed by atoms with Crippen molar-refractivity contribution in [3.05, 3.63) is 85.7 Å². The van der Waals surface area contributed by atoms with Crippen LogP contribution in [0.3, 0.4) is 0 Å². The van der Waals surface area contributed by atoms with E-state index < -0.39 is 10.5 Å². The van der Waals surface area contributed by atoms with Crippen LogP contribution >= 0.6 is 11.6 Å². The number of halogens is 1. The Morgan fingerprint density at radius 2 is 1.64 bits per heavy atom. The minimum Gasteiger partial charge on any atom is -0.321 e. The van der Waals surface area contributed by atoms with E-state index in [2.05, 4.69) is 4.98 Å². The normalized spacial score (nSPS) is 10.2. The van der Waals surface area contributed by atoms with Crippen LogP contribution in [0.2, 0.25) is 5.02 Å². The Kier molecular flexibility index (Phi) is 4.33.